The number of carbonyl (C=O) groups excluding carboxylic acids is 3. The highest BCUT2D eigenvalue weighted by molar-refractivity contribution is 6.27. The predicted octanol–water partition coefficient (Wildman–Crippen LogP) is 5.41. The Morgan fingerprint density at radius 2 is 1.80 bits per heavy atom. The van der Waals surface area contributed by atoms with E-state index in [1.807, 2.05) is 6.92 Å². The second-order valence-electron chi connectivity index (χ2n) is 9.91. The van der Waals surface area contributed by atoms with Gasteiger partial charge in [0.1, 0.15) is 5.75 Å². The smallest absolute Gasteiger partial charge is 0.416 e. The number of alkyl halides is 3. The maximum Gasteiger partial charge on any atom is 0.416 e. The van der Waals surface area contributed by atoms with Crippen LogP contribution in [-0.2, 0) is 6.18 Å². The lowest BCUT2D eigenvalue weighted by Gasteiger charge is -2.38. The normalized spacial score (nSPS) is 14.8. The van der Waals surface area contributed by atoms with E-state index >= 15 is 0 Å². The minimum atomic E-state index is -4.63. The largest absolute Gasteiger partial charge is 0.497 e. The quantitative estimate of drug-likeness (QED) is 0.349. The van der Waals surface area contributed by atoms with E-state index in [4.69, 9.17) is 4.74 Å². The monoisotopic (exact) mass is 620 g/mol. The molecule has 232 valence electrons. The number of amidine groups is 1. The number of imide groups is 1. The van der Waals surface area contributed by atoms with Crippen molar-refractivity contribution in [3.05, 3.63) is 88.9 Å². The van der Waals surface area contributed by atoms with E-state index in [0.717, 1.165) is 28.8 Å². The molecule has 2 aromatic carbocycles. The fraction of sp³-hybridized carbons (Fsp3) is 0.200. The zero-order valence-corrected chi connectivity index (χ0v) is 24.5. The molecule has 0 fully saturated rings. The second kappa shape index (κ2) is 12.1. The maximum absolute atomic E-state index is 14.0. The van der Waals surface area contributed by atoms with Crippen molar-refractivity contribution in [1.82, 2.24) is 15.2 Å². The van der Waals surface area contributed by atoms with E-state index in [1.165, 1.54) is 43.3 Å². The summed E-state index contributed by atoms with van der Waals surface area (Å²) in [7, 11) is 2.74. The molecule has 0 radical (unpaired) electrons. The lowest BCUT2D eigenvalue weighted by Crippen LogP contribution is -2.57. The average molecular weight is 621 g/mol. The number of halogens is 3. The molecule has 45 heavy (non-hydrogen) atoms. The molecule has 0 spiro atoms. The number of aromatic nitrogens is 1. The molecule has 12 nitrogen and oxygen atoms in total. The lowest BCUT2D eigenvalue weighted by atomic mass is 10.1. The van der Waals surface area contributed by atoms with Gasteiger partial charge in [0.15, 0.2) is 5.84 Å². The van der Waals surface area contributed by atoms with E-state index < -0.39 is 29.7 Å². The minimum absolute atomic E-state index is 0.0622. The van der Waals surface area contributed by atoms with Gasteiger partial charge < -0.3 is 20.7 Å². The molecule has 3 aromatic rings. The van der Waals surface area contributed by atoms with Crippen molar-refractivity contribution in [1.29, 1.82) is 0 Å². The number of amides is 5. The number of guanidine groups is 1. The lowest BCUT2D eigenvalue weighted by molar-refractivity contribution is -0.137. The Morgan fingerprint density at radius 3 is 2.47 bits per heavy atom. The number of carbonyl (C=O) groups is 3. The van der Waals surface area contributed by atoms with Gasteiger partial charge in [-0.25, -0.2) is 14.6 Å². The molecule has 15 heteroatoms. The van der Waals surface area contributed by atoms with Gasteiger partial charge in [0.25, 0.3) is 5.91 Å². The van der Waals surface area contributed by atoms with Crippen LogP contribution in [0.15, 0.2) is 82.0 Å². The summed E-state index contributed by atoms with van der Waals surface area (Å²) in [6.45, 7) is 3.56. The molecule has 0 unspecified atom stereocenters. The zero-order chi connectivity index (χ0) is 32.5. The topological polar surface area (TPSA) is 141 Å². The third-order valence-corrected chi connectivity index (χ3v) is 6.91. The van der Waals surface area contributed by atoms with Gasteiger partial charge in [-0.3, -0.25) is 14.7 Å². The average Bonchev–Trinajstić information content (AvgIpc) is 3.01. The van der Waals surface area contributed by atoms with Crippen molar-refractivity contribution >= 4 is 46.8 Å². The first kappa shape index (κ1) is 30.7. The number of aliphatic imine (C=N–C) groups is 2. The fourth-order valence-electron chi connectivity index (χ4n) is 4.64. The van der Waals surface area contributed by atoms with Gasteiger partial charge in [-0.05, 0) is 50.2 Å². The number of rotatable bonds is 5. The molecular weight excluding hydrogens is 593 g/mol. The van der Waals surface area contributed by atoms with E-state index in [9.17, 15) is 27.6 Å². The molecule has 0 aliphatic carbocycles. The summed E-state index contributed by atoms with van der Waals surface area (Å²) in [4.78, 5) is 55.2. The van der Waals surface area contributed by atoms with Crippen molar-refractivity contribution in [2.75, 3.05) is 36.2 Å². The third-order valence-electron chi connectivity index (χ3n) is 6.91. The Labute approximate surface area is 255 Å². The first-order valence-electron chi connectivity index (χ1n) is 13.5. The zero-order valence-electron chi connectivity index (χ0n) is 24.5. The molecular formula is C30H27F3N8O4. The summed E-state index contributed by atoms with van der Waals surface area (Å²) in [5.41, 5.74) is 1.44. The van der Waals surface area contributed by atoms with Crippen LogP contribution < -0.4 is 25.6 Å². The number of fused-ring (bicyclic) bond motifs is 1. The molecule has 5 rings (SSSR count). The van der Waals surface area contributed by atoms with Gasteiger partial charge in [-0.1, -0.05) is 6.07 Å². The first-order chi connectivity index (χ1) is 21.4. The number of allylic oxidation sites excluding steroid dienone is 1. The fourth-order valence-corrected chi connectivity index (χ4v) is 4.64. The standard InChI is InChI=1S/C30H27F3N8O4/c1-16-8-9-20(14-35-16)38-27-36-15-24-17(2)40(29(44)41(25(24)39-27)28(43)34-3)22-11-21(12-23(13-22)45-4)37-26(42)18-6-5-7-19(10-18)30(31,32)33/h5-14H,15H2,1-4H3,(H,34,43)(H,36,38)(H,37,42). The Balaban J connectivity index is 1.50. The summed E-state index contributed by atoms with van der Waals surface area (Å²) >= 11 is 0. The van der Waals surface area contributed by atoms with E-state index in [2.05, 4.69) is 30.9 Å². The second-order valence-corrected chi connectivity index (χ2v) is 9.91. The summed E-state index contributed by atoms with van der Waals surface area (Å²) in [5.74, 6) is -0.342. The Morgan fingerprint density at radius 1 is 1.02 bits per heavy atom. The molecule has 0 saturated carbocycles. The van der Waals surface area contributed by atoms with Crippen LogP contribution in [0.2, 0.25) is 0 Å². The van der Waals surface area contributed by atoms with Crippen LogP contribution >= 0.6 is 0 Å². The molecule has 2 aliphatic rings. The molecule has 5 amide bonds. The highest BCUT2D eigenvalue weighted by atomic mass is 19.4. The number of anilines is 3. The molecule has 3 N–H and O–H groups in total. The molecule has 3 heterocycles. The highest BCUT2D eigenvalue weighted by Crippen LogP contribution is 2.35. The van der Waals surface area contributed by atoms with E-state index in [1.54, 1.807) is 25.3 Å². The summed E-state index contributed by atoms with van der Waals surface area (Å²) in [6, 6.07) is 10.4. The van der Waals surface area contributed by atoms with Crippen molar-refractivity contribution in [3.63, 3.8) is 0 Å². The summed E-state index contributed by atoms with van der Waals surface area (Å²) < 4.78 is 45.0. The van der Waals surface area contributed by atoms with Crippen LogP contribution in [0.4, 0.5) is 39.8 Å². The third kappa shape index (κ3) is 6.32. The molecule has 2 aliphatic heterocycles. The Hall–Kier alpha value is -5.73. The number of methoxy groups -OCH3 is 1. The highest BCUT2D eigenvalue weighted by Gasteiger charge is 2.41. The van der Waals surface area contributed by atoms with Gasteiger partial charge in [0.2, 0.25) is 5.96 Å². The van der Waals surface area contributed by atoms with Gasteiger partial charge in [0, 0.05) is 47.4 Å². The molecule has 0 atom stereocenters. The predicted molar refractivity (Wildman–Crippen MR) is 162 cm³/mol. The van der Waals surface area contributed by atoms with Crippen LogP contribution in [0, 0.1) is 6.92 Å². The number of nitrogens with zero attached hydrogens (tertiary/aromatic N) is 5. The van der Waals surface area contributed by atoms with Crippen molar-refractivity contribution in [2.45, 2.75) is 20.0 Å². The number of nitrogens with one attached hydrogen (secondary N) is 3. The van der Waals surface area contributed by atoms with E-state index in [-0.39, 0.29) is 41.0 Å². The molecule has 0 saturated heterocycles. The maximum atomic E-state index is 14.0. The Bertz CT molecular complexity index is 1780. The van der Waals surface area contributed by atoms with Crippen LogP contribution in [0.3, 0.4) is 0 Å². The van der Waals surface area contributed by atoms with Crippen LogP contribution in [0.1, 0.15) is 28.5 Å². The number of hydrogen-bond acceptors (Lipinski definition) is 8. The molecule has 1 aromatic heterocycles. The minimum Gasteiger partial charge on any atom is -0.497 e. The van der Waals surface area contributed by atoms with Crippen molar-refractivity contribution < 1.29 is 32.3 Å². The number of benzene rings is 2. The number of ether oxygens (including phenoxy) is 1. The Kier molecular flexibility index (Phi) is 8.26. The number of urea groups is 2. The molecule has 0 bridgehead atoms. The van der Waals surface area contributed by atoms with Crippen molar-refractivity contribution in [2.24, 2.45) is 9.98 Å². The summed E-state index contributed by atoms with van der Waals surface area (Å²) in [5, 5.41) is 8.05. The SMILES string of the molecule is CNC(=O)N1C(=O)N(c2cc(NC(=O)c3cccc(C(F)(F)F)c3)cc(OC)c2)C(C)=C2CN=C(Nc3ccc(C)nc3)N=C21. The van der Waals surface area contributed by atoms with Gasteiger partial charge >= 0.3 is 18.2 Å². The number of hydrogen-bond donors (Lipinski definition) is 3. The van der Waals surface area contributed by atoms with E-state index in [0.29, 0.717) is 17.0 Å². The van der Waals surface area contributed by atoms with Gasteiger partial charge in [-0.2, -0.15) is 23.1 Å². The first-order valence-corrected chi connectivity index (χ1v) is 13.5. The number of aryl methyl sites for hydroxylation is 1. The van der Waals surface area contributed by atoms with Gasteiger partial charge in [0.05, 0.1) is 36.8 Å². The number of pyridine rings is 1. The van der Waals surface area contributed by atoms with Crippen LogP contribution in [0.25, 0.3) is 0 Å². The van der Waals surface area contributed by atoms with Gasteiger partial charge in [-0.15, -0.1) is 0 Å². The van der Waals surface area contributed by atoms with Crippen LogP contribution in [0.5, 0.6) is 5.75 Å². The van der Waals surface area contributed by atoms with Crippen LogP contribution in [-0.4, -0.2) is 60.4 Å². The summed E-state index contributed by atoms with van der Waals surface area (Å²) in [6.07, 6.45) is -3.03. The van der Waals surface area contributed by atoms with Crippen molar-refractivity contribution in [3.8, 4) is 5.75 Å².